The van der Waals surface area contributed by atoms with E-state index in [9.17, 15) is 9.59 Å². The molecule has 0 aliphatic heterocycles. The molecule has 0 saturated carbocycles. The lowest BCUT2D eigenvalue weighted by molar-refractivity contribution is 0.101. The normalized spacial score (nSPS) is 11.3. The molecule has 0 saturated heterocycles. The summed E-state index contributed by atoms with van der Waals surface area (Å²) in [7, 11) is 0. The zero-order chi connectivity index (χ0) is 26.0. The van der Waals surface area contributed by atoms with Crippen molar-refractivity contribution in [3.8, 4) is 0 Å². The Morgan fingerprint density at radius 2 is 1.62 bits per heavy atom. The monoisotopic (exact) mass is 512 g/mol. The Morgan fingerprint density at radius 1 is 0.892 bits per heavy atom. The van der Waals surface area contributed by atoms with Gasteiger partial charge in [0.05, 0.1) is 11.3 Å². The molecule has 0 atom stereocenters. The molecule has 0 fully saturated rings. The number of fused-ring (bicyclic) bond motifs is 1. The van der Waals surface area contributed by atoms with Crippen LogP contribution in [0, 0.1) is 0 Å². The van der Waals surface area contributed by atoms with Crippen LogP contribution >= 0.6 is 11.3 Å². The minimum absolute atomic E-state index is 0.218. The van der Waals surface area contributed by atoms with Gasteiger partial charge in [-0.1, -0.05) is 62.3 Å². The molecule has 0 radical (unpaired) electrons. The Bertz CT molecular complexity index is 1600. The molecule has 0 bridgehead atoms. The number of hydrogen-bond acceptors (Lipinski definition) is 8. The van der Waals surface area contributed by atoms with Crippen LogP contribution < -0.4 is 16.0 Å². The predicted molar refractivity (Wildman–Crippen MR) is 145 cm³/mol. The van der Waals surface area contributed by atoms with E-state index in [-0.39, 0.29) is 17.0 Å². The van der Waals surface area contributed by atoms with Crippen molar-refractivity contribution in [3.63, 3.8) is 0 Å². The zero-order valence-corrected chi connectivity index (χ0v) is 21.2. The van der Waals surface area contributed by atoms with E-state index in [1.54, 1.807) is 35.8 Å². The van der Waals surface area contributed by atoms with Crippen molar-refractivity contribution in [2.45, 2.75) is 26.2 Å². The number of hydrogen-bond donors (Lipinski definition) is 3. The summed E-state index contributed by atoms with van der Waals surface area (Å²) >= 11 is 1.25. The zero-order valence-electron chi connectivity index (χ0n) is 20.4. The number of nitrogens with one attached hydrogen (secondary N) is 3. The summed E-state index contributed by atoms with van der Waals surface area (Å²) in [4.78, 5) is 34.4. The number of amides is 2. The molecule has 0 aliphatic rings. The number of anilines is 4. The van der Waals surface area contributed by atoms with Gasteiger partial charge in [-0.25, -0.2) is 9.97 Å². The van der Waals surface area contributed by atoms with Crippen molar-refractivity contribution >= 4 is 56.4 Å². The number of nitrogens with zero attached hydrogens (tertiary/aromatic N) is 3. The fraction of sp³-hybridized carbons (Fsp3) is 0.148. The second-order valence-electron chi connectivity index (χ2n) is 9.36. The molecule has 2 amide bonds. The average Bonchev–Trinajstić information content (AvgIpc) is 3.54. The molecule has 0 aliphatic carbocycles. The van der Waals surface area contributed by atoms with Crippen LogP contribution in [0.25, 0.3) is 10.8 Å². The fourth-order valence-corrected chi connectivity index (χ4v) is 4.25. The van der Waals surface area contributed by atoms with Gasteiger partial charge < -0.3 is 20.5 Å². The summed E-state index contributed by atoms with van der Waals surface area (Å²) in [6, 6.07) is 18.4. The molecule has 37 heavy (non-hydrogen) atoms. The van der Waals surface area contributed by atoms with Gasteiger partial charge in [-0.05, 0) is 23.6 Å². The third kappa shape index (κ3) is 5.49. The third-order valence-corrected chi connectivity index (χ3v) is 6.27. The maximum absolute atomic E-state index is 13.1. The topological polar surface area (TPSA) is 122 Å². The van der Waals surface area contributed by atoms with Crippen molar-refractivity contribution in [2.24, 2.45) is 0 Å². The first-order valence-corrected chi connectivity index (χ1v) is 12.4. The van der Waals surface area contributed by atoms with Gasteiger partial charge in [0.1, 0.15) is 17.3 Å². The predicted octanol–water partition coefficient (Wildman–Crippen LogP) is 6.23. The van der Waals surface area contributed by atoms with Crippen LogP contribution in [0.2, 0.25) is 0 Å². The summed E-state index contributed by atoms with van der Waals surface area (Å²) in [5.74, 6) is 0.709. The van der Waals surface area contributed by atoms with E-state index in [2.05, 4.69) is 31.1 Å². The molecular formula is C27H24N6O3S. The maximum atomic E-state index is 13.1. The molecule has 3 heterocycles. The standard InChI is InChI=1S/C27H24N6O3S/c1-27(2,3)21-13-23(33-36-21)32-25(35)20-15-37-26(30-20)29-19-11-7-6-10-18(19)24(34)31-22-12-16-8-4-5-9-17(16)14-28-22/h4-15H,1-3H3,(H,29,30)(H,28,31,34)(H,32,33,35). The highest BCUT2D eigenvalue weighted by Gasteiger charge is 2.21. The number of rotatable bonds is 6. The molecule has 0 unspecified atom stereocenters. The van der Waals surface area contributed by atoms with Crippen LogP contribution in [-0.4, -0.2) is 26.9 Å². The molecule has 0 spiro atoms. The highest BCUT2D eigenvalue weighted by atomic mass is 32.1. The molecule has 3 aromatic heterocycles. The van der Waals surface area contributed by atoms with Gasteiger partial charge in [0, 0.05) is 28.4 Å². The minimum atomic E-state index is -0.411. The number of aromatic nitrogens is 3. The van der Waals surface area contributed by atoms with E-state index >= 15 is 0 Å². The van der Waals surface area contributed by atoms with Gasteiger partial charge in [-0.3, -0.25) is 9.59 Å². The Morgan fingerprint density at radius 3 is 2.41 bits per heavy atom. The lowest BCUT2D eigenvalue weighted by Gasteiger charge is -2.11. The summed E-state index contributed by atoms with van der Waals surface area (Å²) in [5.41, 5.74) is 0.956. The Hall–Kier alpha value is -4.57. The molecule has 186 valence electrons. The number of thiazole rings is 1. The molecule has 5 aromatic rings. The number of pyridine rings is 1. The van der Waals surface area contributed by atoms with Crippen LogP contribution in [-0.2, 0) is 5.41 Å². The van der Waals surface area contributed by atoms with Crippen molar-refractivity contribution < 1.29 is 14.1 Å². The lowest BCUT2D eigenvalue weighted by Crippen LogP contribution is -2.15. The molecule has 10 heteroatoms. The second-order valence-corrected chi connectivity index (χ2v) is 10.2. The Balaban J connectivity index is 1.28. The van der Waals surface area contributed by atoms with Crippen LogP contribution in [0.15, 0.2) is 76.8 Å². The first kappa shape index (κ1) is 24.1. The van der Waals surface area contributed by atoms with E-state index in [1.807, 2.05) is 57.2 Å². The first-order chi connectivity index (χ1) is 17.8. The second kappa shape index (κ2) is 9.82. The van der Waals surface area contributed by atoms with Crippen LogP contribution in [0.4, 0.5) is 22.5 Å². The lowest BCUT2D eigenvalue weighted by atomic mass is 9.93. The Kier molecular flexibility index (Phi) is 6.41. The minimum Gasteiger partial charge on any atom is -0.359 e. The van der Waals surface area contributed by atoms with Gasteiger partial charge in [0.25, 0.3) is 11.8 Å². The number of para-hydroxylation sites is 1. The van der Waals surface area contributed by atoms with E-state index < -0.39 is 5.91 Å². The smallest absolute Gasteiger partial charge is 0.276 e. The van der Waals surface area contributed by atoms with E-state index in [0.717, 1.165) is 10.8 Å². The number of benzene rings is 2. The summed E-state index contributed by atoms with van der Waals surface area (Å²) in [6.07, 6.45) is 1.72. The highest BCUT2D eigenvalue weighted by Crippen LogP contribution is 2.27. The number of carbonyl (C=O) groups is 2. The largest absolute Gasteiger partial charge is 0.359 e. The summed E-state index contributed by atoms with van der Waals surface area (Å²) < 4.78 is 5.31. The fourth-order valence-electron chi connectivity index (χ4n) is 3.54. The molecule has 2 aromatic carbocycles. The van der Waals surface area contributed by atoms with Gasteiger partial charge >= 0.3 is 0 Å². The SMILES string of the molecule is CC(C)(C)c1cc(NC(=O)c2csc(Nc3ccccc3C(=O)Nc3cc4ccccc4cn3)n2)no1. The van der Waals surface area contributed by atoms with Crippen molar-refractivity contribution in [1.29, 1.82) is 0 Å². The van der Waals surface area contributed by atoms with Gasteiger partial charge in [0.15, 0.2) is 10.9 Å². The first-order valence-electron chi connectivity index (χ1n) is 11.5. The molecule has 9 nitrogen and oxygen atoms in total. The number of carbonyl (C=O) groups excluding carboxylic acids is 2. The van der Waals surface area contributed by atoms with E-state index in [0.29, 0.717) is 33.8 Å². The van der Waals surface area contributed by atoms with Crippen LogP contribution in [0.5, 0.6) is 0 Å². The van der Waals surface area contributed by atoms with Gasteiger partial charge in [0.2, 0.25) is 0 Å². The summed E-state index contributed by atoms with van der Waals surface area (Å²) in [6.45, 7) is 5.98. The van der Waals surface area contributed by atoms with Crippen molar-refractivity contribution in [2.75, 3.05) is 16.0 Å². The van der Waals surface area contributed by atoms with Gasteiger partial charge in [-0.15, -0.1) is 11.3 Å². The molecule has 3 N–H and O–H groups in total. The molecule has 5 rings (SSSR count). The van der Waals surface area contributed by atoms with Crippen molar-refractivity contribution in [3.05, 3.63) is 89.3 Å². The Labute approximate surface area is 216 Å². The highest BCUT2D eigenvalue weighted by molar-refractivity contribution is 7.14. The van der Waals surface area contributed by atoms with Crippen LogP contribution in [0.3, 0.4) is 0 Å². The van der Waals surface area contributed by atoms with Gasteiger partial charge in [-0.2, -0.15) is 0 Å². The van der Waals surface area contributed by atoms with E-state index in [1.165, 1.54) is 11.3 Å². The molecular weight excluding hydrogens is 488 g/mol. The third-order valence-electron chi connectivity index (χ3n) is 5.51. The van der Waals surface area contributed by atoms with Crippen LogP contribution in [0.1, 0.15) is 47.4 Å². The van der Waals surface area contributed by atoms with E-state index in [4.69, 9.17) is 4.52 Å². The average molecular weight is 513 g/mol. The quantitative estimate of drug-likeness (QED) is 0.247. The van der Waals surface area contributed by atoms with Crippen molar-refractivity contribution in [1.82, 2.24) is 15.1 Å². The summed E-state index contributed by atoms with van der Waals surface area (Å²) in [5, 5.41) is 16.7. The maximum Gasteiger partial charge on any atom is 0.276 e.